The number of hydrogen-bond donors (Lipinski definition) is 2. The Labute approximate surface area is 122 Å². The Morgan fingerprint density at radius 2 is 1.67 bits per heavy atom. The molecule has 0 fully saturated rings. The zero-order valence-electron chi connectivity index (χ0n) is 11.6. The van der Waals surface area contributed by atoms with Gasteiger partial charge < -0.3 is 10.8 Å². The minimum Gasteiger partial charge on any atom is -0.506 e. The fourth-order valence-electron chi connectivity index (χ4n) is 2.67. The number of aryl methyl sites for hydroxylation is 1. The van der Waals surface area contributed by atoms with E-state index in [4.69, 9.17) is 5.73 Å². The van der Waals surface area contributed by atoms with E-state index in [1.54, 1.807) is 6.07 Å². The van der Waals surface area contributed by atoms with Crippen molar-refractivity contribution in [1.29, 1.82) is 0 Å². The molecular formula is C18H15NO2. The predicted molar refractivity (Wildman–Crippen MR) is 84.3 cm³/mol. The molecule has 0 saturated heterocycles. The van der Waals surface area contributed by atoms with Gasteiger partial charge in [0, 0.05) is 5.56 Å². The van der Waals surface area contributed by atoms with Crippen molar-refractivity contribution in [1.82, 2.24) is 0 Å². The molecule has 3 aromatic carbocycles. The fraction of sp³-hybridized carbons (Fsp3) is 0.0556. The van der Waals surface area contributed by atoms with Gasteiger partial charge in [-0.05, 0) is 34.9 Å². The van der Waals surface area contributed by atoms with Crippen LogP contribution in [-0.4, -0.2) is 11.0 Å². The molecule has 3 rings (SSSR count). The van der Waals surface area contributed by atoms with Crippen molar-refractivity contribution in [2.75, 3.05) is 0 Å². The molecule has 0 saturated carbocycles. The Morgan fingerprint density at radius 1 is 1.00 bits per heavy atom. The maximum Gasteiger partial charge on any atom is 0.253 e. The topological polar surface area (TPSA) is 63.3 Å². The molecule has 0 aliphatic rings. The second-order valence-electron chi connectivity index (χ2n) is 5.05. The lowest BCUT2D eigenvalue weighted by Crippen LogP contribution is -2.12. The van der Waals surface area contributed by atoms with E-state index in [9.17, 15) is 9.90 Å². The molecule has 3 heteroatoms. The highest BCUT2D eigenvalue weighted by molar-refractivity contribution is 6.11. The van der Waals surface area contributed by atoms with Crippen molar-refractivity contribution in [3.63, 3.8) is 0 Å². The van der Waals surface area contributed by atoms with Gasteiger partial charge in [0.1, 0.15) is 5.75 Å². The number of rotatable bonds is 2. The summed E-state index contributed by atoms with van der Waals surface area (Å²) in [5, 5.41) is 12.1. The summed E-state index contributed by atoms with van der Waals surface area (Å²) in [6.45, 7) is 1.97. The first-order valence-corrected chi connectivity index (χ1v) is 6.70. The van der Waals surface area contributed by atoms with E-state index in [-0.39, 0.29) is 11.3 Å². The maximum atomic E-state index is 11.8. The van der Waals surface area contributed by atoms with Crippen LogP contribution in [-0.2, 0) is 0 Å². The summed E-state index contributed by atoms with van der Waals surface area (Å²) in [4.78, 5) is 11.8. The van der Waals surface area contributed by atoms with Crippen LogP contribution in [0, 0.1) is 6.92 Å². The fourth-order valence-corrected chi connectivity index (χ4v) is 2.67. The molecule has 3 nitrogen and oxygen atoms in total. The zero-order chi connectivity index (χ0) is 15.0. The van der Waals surface area contributed by atoms with Crippen LogP contribution in [0.4, 0.5) is 0 Å². The van der Waals surface area contributed by atoms with Crippen LogP contribution >= 0.6 is 0 Å². The second-order valence-corrected chi connectivity index (χ2v) is 5.05. The van der Waals surface area contributed by atoms with Gasteiger partial charge in [0.2, 0.25) is 0 Å². The van der Waals surface area contributed by atoms with Crippen molar-refractivity contribution >= 4 is 16.7 Å². The molecule has 0 aromatic heterocycles. The largest absolute Gasteiger partial charge is 0.506 e. The van der Waals surface area contributed by atoms with Crippen LogP contribution in [0.5, 0.6) is 5.75 Å². The quantitative estimate of drug-likeness (QED) is 0.751. The number of aromatic hydroxyl groups is 1. The smallest absolute Gasteiger partial charge is 0.253 e. The van der Waals surface area contributed by atoms with Crippen molar-refractivity contribution in [2.45, 2.75) is 6.92 Å². The Morgan fingerprint density at radius 3 is 2.38 bits per heavy atom. The first-order valence-electron chi connectivity index (χ1n) is 6.70. The summed E-state index contributed by atoms with van der Waals surface area (Å²) in [6.07, 6.45) is 0. The summed E-state index contributed by atoms with van der Waals surface area (Å²) in [6, 6.07) is 17.0. The second kappa shape index (κ2) is 4.94. The first kappa shape index (κ1) is 13.2. The molecule has 0 aliphatic heterocycles. The van der Waals surface area contributed by atoms with Crippen LogP contribution in [0.1, 0.15) is 15.9 Å². The SMILES string of the molecule is Cc1ccccc1-c1cc2ccccc2c(C(N)=O)c1O. The normalized spacial score (nSPS) is 10.7. The summed E-state index contributed by atoms with van der Waals surface area (Å²) in [5.74, 6) is -0.686. The summed E-state index contributed by atoms with van der Waals surface area (Å²) in [5.41, 5.74) is 8.18. The van der Waals surface area contributed by atoms with Gasteiger partial charge in [-0.2, -0.15) is 0 Å². The number of carbonyl (C=O) groups is 1. The molecule has 0 spiro atoms. The monoisotopic (exact) mass is 277 g/mol. The summed E-state index contributed by atoms with van der Waals surface area (Å²) >= 11 is 0. The molecule has 21 heavy (non-hydrogen) atoms. The van der Waals surface area contributed by atoms with Crippen molar-refractivity contribution in [3.8, 4) is 16.9 Å². The highest BCUT2D eigenvalue weighted by Crippen LogP contribution is 2.38. The minimum absolute atomic E-state index is 0.0597. The number of benzene rings is 3. The molecule has 0 aliphatic carbocycles. The lowest BCUT2D eigenvalue weighted by atomic mass is 9.93. The van der Waals surface area contributed by atoms with E-state index in [1.807, 2.05) is 55.5 Å². The third kappa shape index (κ3) is 2.13. The number of phenols is 1. The van der Waals surface area contributed by atoms with Crippen LogP contribution < -0.4 is 5.73 Å². The minimum atomic E-state index is -0.626. The van der Waals surface area contributed by atoms with Gasteiger partial charge in [0.15, 0.2) is 0 Å². The van der Waals surface area contributed by atoms with E-state index < -0.39 is 5.91 Å². The number of carbonyl (C=O) groups excluding carboxylic acids is 1. The summed E-state index contributed by atoms with van der Waals surface area (Å²) in [7, 11) is 0. The highest BCUT2D eigenvalue weighted by Gasteiger charge is 2.18. The van der Waals surface area contributed by atoms with Crippen molar-refractivity contribution in [2.24, 2.45) is 5.73 Å². The van der Waals surface area contributed by atoms with Crippen LogP contribution in [0.2, 0.25) is 0 Å². The average Bonchev–Trinajstić information content (AvgIpc) is 2.47. The maximum absolute atomic E-state index is 11.8. The van der Waals surface area contributed by atoms with Crippen molar-refractivity contribution < 1.29 is 9.90 Å². The molecule has 0 bridgehead atoms. The molecule has 3 aromatic rings. The Hall–Kier alpha value is -2.81. The van der Waals surface area contributed by atoms with Gasteiger partial charge in [-0.3, -0.25) is 4.79 Å². The number of fused-ring (bicyclic) bond motifs is 1. The predicted octanol–water partition coefficient (Wildman–Crippen LogP) is 3.62. The molecule has 0 atom stereocenters. The van der Waals surface area contributed by atoms with Gasteiger partial charge in [-0.25, -0.2) is 0 Å². The lowest BCUT2D eigenvalue weighted by Gasteiger charge is -2.13. The zero-order valence-corrected chi connectivity index (χ0v) is 11.6. The van der Waals surface area contributed by atoms with E-state index in [0.29, 0.717) is 10.9 Å². The molecule has 0 heterocycles. The molecule has 3 N–H and O–H groups in total. The Bertz CT molecular complexity index is 853. The lowest BCUT2D eigenvalue weighted by molar-refractivity contribution is 0.0999. The van der Waals surface area contributed by atoms with Gasteiger partial charge in [-0.15, -0.1) is 0 Å². The molecule has 1 amide bonds. The highest BCUT2D eigenvalue weighted by atomic mass is 16.3. The number of hydrogen-bond acceptors (Lipinski definition) is 2. The van der Waals surface area contributed by atoms with Crippen LogP contribution in [0.3, 0.4) is 0 Å². The third-order valence-corrected chi connectivity index (χ3v) is 3.70. The Balaban J connectivity index is 2.43. The van der Waals surface area contributed by atoms with Crippen LogP contribution in [0.15, 0.2) is 54.6 Å². The number of primary amides is 1. The van der Waals surface area contributed by atoms with Gasteiger partial charge in [0.05, 0.1) is 5.56 Å². The van der Waals surface area contributed by atoms with E-state index in [2.05, 4.69) is 0 Å². The molecule has 0 radical (unpaired) electrons. The standard InChI is InChI=1S/C18H15NO2/c1-11-6-2-4-8-13(11)15-10-12-7-3-5-9-14(12)16(17(15)20)18(19)21/h2-10,20H,1H3,(H2,19,21). The average molecular weight is 277 g/mol. The molecule has 104 valence electrons. The number of nitrogens with two attached hydrogens (primary N) is 1. The first-order chi connectivity index (χ1) is 10.1. The van der Waals surface area contributed by atoms with Crippen molar-refractivity contribution in [3.05, 3.63) is 65.7 Å². The van der Waals surface area contributed by atoms with Crippen LogP contribution in [0.25, 0.3) is 21.9 Å². The van der Waals surface area contributed by atoms with E-state index in [1.165, 1.54) is 0 Å². The summed E-state index contributed by atoms with van der Waals surface area (Å²) < 4.78 is 0. The molecule has 0 unspecified atom stereocenters. The van der Waals surface area contributed by atoms with Gasteiger partial charge >= 0.3 is 0 Å². The Kier molecular flexibility index (Phi) is 3.10. The number of amides is 1. The molecular weight excluding hydrogens is 262 g/mol. The van der Waals surface area contributed by atoms with Gasteiger partial charge in [0.25, 0.3) is 5.91 Å². The third-order valence-electron chi connectivity index (χ3n) is 3.70. The van der Waals surface area contributed by atoms with E-state index in [0.717, 1.165) is 16.5 Å². The van der Waals surface area contributed by atoms with E-state index >= 15 is 0 Å². The van der Waals surface area contributed by atoms with Gasteiger partial charge in [-0.1, -0.05) is 48.5 Å².